The van der Waals surface area contributed by atoms with Gasteiger partial charge in [-0.25, -0.2) is 4.79 Å². The maximum atomic E-state index is 12.6. The molecule has 0 bridgehead atoms. The van der Waals surface area contributed by atoms with Crippen LogP contribution in [-0.4, -0.2) is 67.8 Å². The molecule has 3 heterocycles. The van der Waals surface area contributed by atoms with Crippen LogP contribution in [0.4, 0.5) is 4.79 Å². The van der Waals surface area contributed by atoms with Gasteiger partial charge in [0.15, 0.2) is 0 Å². The molecular formula is C17H23N5O4. The van der Waals surface area contributed by atoms with Gasteiger partial charge in [0.1, 0.15) is 0 Å². The molecule has 9 heteroatoms. The van der Waals surface area contributed by atoms with E-state index in [1.165, 1.54) is 4.90 Å². The summed E-state index contributed by atoms with van der Waals surface area (Å²) < 4.78 is 1.74. The molecule has 140 valence electrons. The van der Waals surface area contributed by atoms with Gasteiger partial charge in [-0.05, 0) is 25.3 Å². The van der Waals surface area contributed by atoms with Crippen LogP contribution in [0.2, 0.25) is 0 Å². The number of aryl methyl sites for hydroxylation is 1. The number of carboxylic acid groups (broad SMARTS) is 1. The molecular weight excluding hydrogens is 338 g/mol. The molecule has 3 aliphatic rings. The summed E-state index contributed by atoms with van der Waals surface area (Å²) >= 11 is 0. The van der Waals surface area contributed by atoms with E-state index in [0.717, 1.165) is 18.5 Å². The number of urea groups is 1. The van der Waals surface area contributed by atoms with Crippen LogP contribution in [-0.2, 0) is 16.6 Å². The average molecular weight is 361 g/mol. The van der Waals surface area contributed by atoms with Crippen LogP contribution in [0, 0.1) is 5.92 Å². The highest BCUT2D eigenvalue weighted by atomic mass is 16.4. The zero-order valence-corrected chi connectivity index (χ0v) is 14.7. The van der Waals surface area contributed by atoms with E-state index in [1.54, 1.807) is 10.9 Å². The fourth-order valence-corrected chi connectivity index (χ4v) is 4.09. The summed E-state index contributed by atoms with van der Waals surface area (Å²) in [6.45, 7) is 0.636. The Morgan fingerprint density at radius 2 is 2.08 bits per heavy atom. The molecule has 3 amide bonds. The van der Waals surface area contributed by atoms with Gasteiger partial charge in [0, 0.05) is 38.8 Å². The van der Waals surface area contributed by atoms with E-state index in [4.69, 9.17) is 5.11 Å². The standard InChI is InChI=1S/C17H23N5O4/c1-20-13(4-6-18-20)15-12(8-14(23)22(15)11-2-3-11)19-17(26)21-7-5-10(9-21)16(24)25/h4,6,10-12,15H,2-3,5,7-9H2,1H3,(H,19,26)(H,24,25)/t10?,12-,15-/m1/s1. The first kappa shape index (κ1) is 16.9. The maximum Gasteiger partial charge on any atom is 0.317 e. The topological polar surface area (TPSA) is 108 Å². The first-order valence-electron chi connectivity index (χ1n) is 9.03. The molecule has 4 rings (SSSR count). The second-order valence-electron chi connectivity index (χ2n) is 7.39. The van der Waals surface area contributed by atoms with Gasteiger partial charge in [0.25, 0.3) is 0 Å². The Labute approximate surface area is 150 Å². The molecule has 1 aromatic rings. The first-order chi connectivity index (χ1) is 12.5. The summed E-state index contributed by atoms with van der Waals surface area (Å²) in [5.74, 6) is -1.33. The third kappa shape index (κ3) is 2.91. The Morgan fingerprint density at radius 3 is 2.65 bits per heavy atom. The fourth-order valence-electron chi connectivity index (χ4n) is 4.09. The Morgan fingerprint density at radius 1 is 1.31 bits per heavy atom. The van der Waals surface area contributed by atoms with Crippen molar-refractivity contribution in [2.45, 2.75) is 43.8 Å². The third-order valence-electron chi connectivity index (χ3n) is 5.60. The molecule has 9 nitrogen and oxygen atoms in total. The van der Waals surface area contributed by atoms with Gasteiger partial charge in [-0.3, -0.25) is 14.3 Å². The number of nitrogens with zero attached hydrogens (tertiary/aromatic N) is 4. The molecule has 1 aromatic heterocycles. The minimum absolute atomic E-state index is 0.0498. The number of amides is 3. The van der Waals surface area contributed by atoms with Gasteiger partial charge < -0.3 is 20.2 Å². The second-order valence-corrected chi connectivity index (χ2v) is 7.39. The van der Waals surface area contributed by atoms with Gasteiger partial charge in [-0.2, -0.15) is 5.10 Å². The number of carbonyl (C=O) groups excluding carboxylic acids is 2. The van der Waals surface area contributed by atoms with Gasteiger partial charge in [0.2, 0.25) is 5.91 Å². The highest BCUT2D eigenvalue weighted by Crippen LogP contribution is 2.41. The predicted octanol–water partition coefficient (Wildman–Crippen LogP) is 0.341. The van der Waals surface area contributed by atoms with E-state index in [1.807, 2.05) is 18.0 Å². The highest BCUT2D eigenvalue weighted by molar-refractivity contribution is 5.83. The minimum Gasteiger partial charge on any atom is -0.481 e. The minimum atomic E-state index is -0.871. The lowest BCUT2D eigenvalue weighted by atomic mass is 10.1. The van der Waals surface area contributed by atoms with Crippen molar-refractivity contribution in [1.29, 1.82) is 0 Å². The van der Waals surface area contributed by atoms with Crippen molar-refractivity contribution in [3.05, 3.63) is 18.0 Å². The number of hydrogen-bond donors (Lipinski definition) is 2. The number of carbonyl (C=O) groups is 3. The summed E-state index contributed by atoms with van der Waals surface area (Å²) in [4.78, 5) is 39.8. The summed E-state index contributed by atoms with van der Waals surface area (Å²) in [5.41, 5.74) is 0.901. The van der Waals surface area contributed by atoms with Crippen LogP contribution in [0.1, 0.15) is 37.4 Å². The van der Waals surface area contributed by atoms with Crippen LogP contribution >= 0.6 is 0 Å². The van der Waals surface area contributed by atoms with E-state index in [0.29, 0.717) is 13.0 Å². The predicted molar refractivity (Wildman–Crippen MR) is 90.1 cm³/mol. The lowest BCUT2D eigenvalue weighted by Gasteiger charge is -2.29. The van der Waals surface area contributed by atoms with Crippen molar-refractivity contribution < 1.29 is 19.5 Å². The van der Waals surface area contributed by atoms with Gasteiger partial charge in [-0.1, -0.05) is 0 Å². The lowest BCUT2D eigenvalue weighted by Crippen LogP contribution is -2.46. The Balaban J connectivity index is 1.51. The Bertz CT molecular complexity index is 743. The zero-order chi connectivity index (χ0) is 18.4. The fraction of sp³-hybridized carbons (Fsp3) is 0.647. The molecule has 3 atom stereocenters. The third-order valence-corrected chi connectivity index (χ3v) is 5.60. The van der Waals surface area contributed by atoms with Gasteiger partial charge in [0.05, 0.1) is 23.7 Å². The Kier molecular flexibility index (Phi) is 4.08. The van der Waals surface area contributed by atoms with Crippen molar-refractivity contribution in [2.24, 2.45) is 13.0 Å². The smallest absolute Gasteiger partial charge is 0.317 e. The molecule has 2 aliphatic heterocycles. The summed E-state index contributed by atoms with van der Waals surface area (Å²) in [6, 6.07) is 1.26. The quantitative estimate of drug-likeness (QED) is 0.804. The molecule has 3 fully saturated rings. The summed E-state index contributed by atoms with van der Waals surface area (Å²) in [7, 11) is 1.83. The van der Waals surface area contributed by atoms with Gasteiger partial charge in [-0.15, -0.1) is 0 Å². The number of aromatic nitrogens is 2. The van der Waals surface area contributed by atoms with Gasteiger partial charge >= 0.3 is 12.0 Å². The number of rotatable bonds is 4. The molecule has 0 spiro atoms. The summed E-state index contributed by atoms with van der Waals surface area (Å²) in [5, 5.41) is 16.3. The van der Waals surface area contributed by atoms with E-state index < -0.39 is 11.9 Å². The highest BCUT2D eigenvalue weighted by Gasteiger charge is 2.49. The monoisotopic (exact) mass is 361 g/mol. The molecule has 1 unspecified atom stereocenters. The molecule has 1 aliphatic carbocycles. The van der Waals surface area contributed by atoms with Crippen molar-refractivity contribution in [3.63, 3.8) is 0 Å². The van der Waals surface area contributed by atoms with E-state index >= 15 is 0 Å². The molecule has 2 N–H and O–H groups in total. The molecule has 2 saturated heterocycles. The van der Waals surface area contributed by atoms with Crippen molar-refractivity contribution in [1.82, 2.24) is 24.9 Å². The van der Waals surface area contributed by atoms with E-state index in [-0.39, 0.29) is 43.0 Å². The number of nitrogens with one attached hydrogen (secondary N) is 1. The van der Waals surface area contributed by atoms with Crippen LogP contribution in [0.3, 0.4) is 0 Å². The Hall–Kier alpha value is -2.58. The lowest BCUT2D eigenvalue weighted by molar-refractivity contribution is -0.141. The molecule has 0 aromatic carbocycles. The van der Waals surface area contributed by atoms with Crippen LogP contribution < -0.4 is 5.32 Å². The first-order valence-corrected chi connectivity index (χ1v) is 9.03. The number of carboxylic acids is 1. The second kappa shape index (κ2) is 6.30. The molecule has 1 saturated carbocycles. The largest absolute Gasteiger partial charge is 0.481 e. The van der Waals surface area contributed by atoms with Crippen molar-refractivity contribution in [3.8, 4) is 0 Å². The van der Waals surface area contributed by atoms with Crippen LogP contribution in [0.5, 0.6) is 0 Å². The van der Waals surface area contributed by atoms with Crippen LogP contribution in [0.25, 0.3) is 0 Å². The molecule has 0 radical (unpaired) electrons. The van der Waals surface area contributed by atoms with Crippen molar-refractivity contribution in [2.75, 3.05) is 13.1 Å². The maximum absolute atomic E-state index is 12.6. The normalized spacial score (nSPS) is 28.7. The number of hydrogen-bond acceptors (Lipinski definition) is 4. The molecule has 26 heavy (non-hydrogen) atoms. The number of aliphatic carboxylic acids is 1. The number of likely N-dealkylation sites (tertiary alicyclic amines) is 2. The van der Waals surface area contributed by atoms with E-state index in [9.17, 15) is 14.4 Å². The average Bonchev–Trinajstić information content (AvgIpc) is 3.01. The summed E-state index contributed by atoms with van der Waals surface area (Å²) in [6.07, 6.45) is 4.40. The van der Waals surface area contributed by atoms with E-state index in [2.05, 4.69) is 10.4 Å². The SMILES string of the molecule is Cn1nccc1[C@H]1[C@H](NC(=O)N2CCC(C(=O)O)C2)CC(=O)N1C1CC1. The van der Waals surface area contributed by atoms with Crippen LogP contribution in [0.15, 0.2) is 12.3 Å². The van der Waals surface area contributed by atoms with Crippen molar-refractivity contribution >= 4 is 17.9 Å². The zero-order valence-electron chi connectivity index (χ0n) is 14.7.